The average Bonchev–Trinajstić information content (AvgIpc) is 3.00. The van der Waals surface area contributed by atoms with E-state index >= 15 is 0 Å². The van der Waals surface area contributed by atoms with Crippen molar-refractivity contribution in [3.63, 3.8) is 0 Å². The third-order valence-corrected chi connectivity index (χ3v) is 8.26. The molecule has 12 heteroatoms. The van der Waals surface area contributed by atoms with Crippen molar-refractivity contribution >= 4 is 25.7 Å². The number of carbonyl (C=O) groups is 3. The molecule has 3 atom stereocenters. The van der Waals surface area contributed by atoms with E-state index in [1.54, 1.807) is 0 Å². The van der Waals surface area contributed by atoms with E-state index in [1.165, 1.54) is 38.5 Å². The molecule has 11 nitrogen and oxygen atoms in total. The molecular formula is C33H62NO10P. The summed E-state index contributed by atoms with van der Waals surface area (Å²) in [5.41, 5.74) is 0. The number of aliphatic hydroxyl groups excluding tert-OH is 1. The lowest BCUT2D eigenvalue weighted by molar-refractivity contribution is -0.147. The Morgan fingerprint density at radius 1 is 0.689 bits per heavy atom. The van der Waals surface area contributed by atoms with Crippen LogP contribution >= 0.6 is 7.82 Å². The van der Waals surface area contributed by atoms with Gasteiger partial charge in [0, 0.05) is 12.8 Å². The minimum absolute atomic E-state index is 0.144. The first-order chi connectivity index (χ1) is 21.6. The number of hydrogen-bond donors (Lipinski definition) is 4. The van der Waals surface area contributed by atoms with Crippen molar-refractivity contribution < 1.29 is 47.8 Å². The van der Waals surface area contributed by atoms with Crippen molar-refractivity contribution in [2.24, 2.45) is 0 Å². The van der Waals surface area contributed by atoms with Gasteiger partial charge < -0.3 is 25.2 Å². The van der Waals surface area contributed by atoms with Crippen LogP contribution in [0.4, 0.5) is 0 Å². The molecule has 0 aromatic rings. The average molecular weight is 664 g/mol. The first-order valence-electron chi connectivity index (χ1n) is 17.2. The molecule has 0 aliphatic carbocycles. The van der Waals surface area contributed by atoms with Crippen molar-refractivity contribution in [3.8, 4) is 0 Å². The molecule has 0 saturated heterocycles. The molecule has 0 radical (unpaired) electrons. The van der Waals surface area contributed by atoms with Gasteiger partial charge in [0.05, 0.1) is 13.2 Å². The zero-order valence-corrected chi connectivity index (χ0v) is 28.8. The number of carbonyl (C=O) groups excluding carboxylic acids is 2. The Morgan fingerprint density at radius 2 is 1.16 bits per heavy atom. The number of unbranched alkanes of at least 4 members (excludes halogenated alkanes) is 16. The Bertz CT molecular complexity index is 838. The van der Waals surface area contributed by atoms with E-state index in [9.17, 15) is 34.1 Å². The molecule has 0 aliphatic rings. The van der Waals surface area contributed by atoms with E-state index in [-0.39, 0.29) is 12.8 Å². The Hall–Kier alpha value is -1.78. The minimum Gasteiger partial charge on any atom is -0.480 e. The molecule has 3 unspecified atom stereocenters. The summed E-state index contributed by atoms with van der Waals surface area (Å²) in [4.78, 5) is 45.3. The van der Waals surface area contributed by atoms with Gasteiger partial charge >= 0.3 is 19.8 Å². The van der Waals surface area contributed by atoms with Gasteiger partial charge in [-0.15, -0.1) is 0 Å². The van der Waals surface area contributed by atoms with E-state index in [4.69, 9.17) is 13.8 Å². The van der Waals surface area contributed by atoms with Gasteiger partial charge in [0.2, 0.25) is 5.91 Å². The van der Waals surface area contributed by atoms with Gasteiger partial charge in [0.15, 0.2) is 6.04 Å². The molecule has 0 aromatic carbocycles. The summed E-state index contributed by atoms with van der Waals surface area (Å²) < 4.78 is 26.5. The van der Waals surface area contributed by atoms with Crippen molar-refractivity contribution in [1.29, 1.82) is 0 Å². The first-order valence-corrected chi connectivity index (χ1v) is 18.7. The monoisotopic (exact) mass is 663 g/mol. The predicted molar refractivity (Wildman–Crippen MR) is 176 cm³/mol. The van der Waals surface area contributed by atoms with Gasteiger partial charge in [-0.05, 0) is 38.5 Å². The zero-order valence-electron chi connectivity index (χ0n) is 27.9. The SMILES string of the molecule is CCCCCCCC/C=C\CCCCCCCC(=O)OCC(O)COP(=O)(O)OCC(NC(=O)CCCCCCCC)C(=O)O. The van der Waals surface area contributed by atoms with Gasteiger partial charge in [-0.2, -0.15) is 0 Å². The van der Waals surface area contributed by atoms with Gasteiger partial charge in [0.25, 0.3) is 0 Å². The second kappa shape index (κ2) is 29.6. The number of ether oxygens (including phenoxy) is 1. The van der Waals surface area contributed by atoms with Crippen LogP contribution in [0.15, 0.2) is 12.2 Å². The van der Waals surface area contributed by atoms with Crippen LogP contribution in [0, 0.1) is 0 Å². The summed E-state index contributed by atoms with van der Waals surface area (Å²) in [6.45, 7) is 2.45. The molecule has 4 N–H and O–H groups in total. The highest BCUT2D eigenvalue weighted by Crippen LogP contribution is 2.43. The number of amides is 1. The number of nitrogens with one attached hydrogen (secondary N) is 1. The Labute approximate surface area is 271 Å². The number of esters is 1. The van der Waals surface area contributed by atoms with Crippen LogP contribution in [0.25, 0.3) is 0 Å². The molecule has 45 heavy (non-hydrogen) atoms. The van der Waals surface area contributed by atoms with Crippen molar-refractivity contribution in [2.45, 2.75) is 161 Å². The Morgan fingerprint density at radius 3 is 1.69 bits per heavy atom. The number of phosphoric acid groups is 1. The largest absolute Gasteiger partial charge is 0.480 e. The molecule has 0 aliphatic heterocycles. The van der Waals surface area contributed by atoms with Gasteiger partial charge in [-0.25, -0.2) is 9.36 Å². The number of carboxylic acids is 1. The van der Waals surface area contributed by atoms with Crippen LogP contribution in [-0.2, 0) is 32.7 Å². The summed E-state index contributed by atoms with van der Waals surface area (Å²) in [7, 11) is -4.73. The van der Waals surface area contributed by atoms with Crippen LogP contribution in [0.2, 0.25) is 0 Å². The zero-order chi connectivity index (χ0) is 33.6. The highest BCUT2D eigenvalue weighted by molar-refractivity contribution is 7.47. The van der Waals surface area contributed by atoms with E-state index < -0.39 is 57.6 Å². The summed E-state index contributed by atoms with van der Waals surface area (Å²) in [5, 5.41) is 21.5. The fraction of sp³-hybridized carbons (Fsp3) is 0.848. The smallest absolute Gasteiger partial charge is 0.472 e. The molecule has 0 saturated carbocycles. The summed E-state index contributed by atoms with van der Waals surface area (Å²) in [5.74, 6) is -2.39. The minimum atomic E-state index is -4.73. The number of allylic oxidation sites excluding steroid dienone is 2. The standard InChI is InChI=1S/C33H62NO10P/c1-3-5-7-9-11-12-13-14-15-16-17-18-19-21-23-25-32(37)42-26-29(35)27-43-45(40,41)44-28-30(33(38)39)34-31(36)24-22-20-10-8-6-4-2/h14-15,29-30,35H,3-13,16-28H2,1-2H3,(H,34,36)(H,38,39)(H,40,41)/b15-14-. The molecule has 0 rings (SSSR count). The van der Waals surface area contributed by atoms with Crippen LogP contribution in [-0.4, -0.2) is 64.9 Å². The van der Waals surface area contributed by atoms with Gasteiger partial charge in [0.1, 0.15) is 12.7 Å². The van der Waals surface area contributed by atoms with Gasteiger partial charge in [-0.3, -0.25) is 18.6 Å². The van der Waals surface area contributed by atoms with Crippen LogP contribution in [0.1, 0.15) is 149 Å². The maximum absolute atomic E-state index is 12.1. The fourth-order valence-corrected chi connectivity index (χ4v) is 5.32. The topological polar surface area (TPSA) is 169 Å². The van der Waals surface area contributed by atoms with Crippen molar-refractivity contribution in [1.82, 2.24) is 5.32 Å². The van der Waals surface area contributed by atoms with E-state index in [0.717, 1.165) is 70.6 Å². The highest BCUT2D eigenvalue weighted by Gasteiger charge is 2.28. The molecule has 0 fully saturated rings. The Kier molecular flexibility index (Phi) is 28.4. The van der Waals surface area contributed by atoms with E-state index in [0.29, 0.717) is 12.8 Å². The van der Waals surface area contributed by atoms with Crippen molar-refractivity contribution in [3.05, 3.63) is 12.2 Å². The molecular weight excluding hydrogens is 601 g/mol. The quantitative estimate of drug-likeness (QED) is 0.0247. The lowest BCUT2D eigenvalue weighted by atomic mass is 10.1. The van der Waals surface area contributed by atoms with Crippen LogP contribution in [0.3, 0.4) is 0 Å². The maximum atomic E-state index is 12.1. The number of aliphatic hydroxyl groups is 1. The molecule has 0 spiro atoms. The number of hydrogen-bond acceptors (Lipinski definition) is 8. The highest BCUT2D eigenvalue weighted by atomic mass is 31.2. The molecule has 0 heterocycles. The predicted octanol–water partition coefficient (Wildman–Crippen LogP) is 7.38. The number of phosphoric ester groups is 1. The third-order valence-electron chi connectivity index (χ3n) is 7.30. The van der Waals surface area contributed by atoms with Crippen LogP contribution < -0.4 is 5.32 Å². The van der Waals surface area contributed by atoms with Crippen LogP contribution in [0.5, 0.6) is 0 Å². The summed E-state index contributed by atoms with van der Waals surface area (Å²) >= 11 is 0. The number of aliphatic carboxylic acids is 1. The van der Waals surface area contributed by atoms with E-state index in [2.05, 4.69) is 31.3 Å². The summed E-state index contributed by atoms with van der Waals surface area (Å²) in [6.07, 6.45) is 24.4. The fourth-order valence-electron chi connectivity index (χ4n) is 4.54. The molecule has 0 bridgehead atoms. The van der Waals surface area contributed by atoms with E-state index in [1.807, 2.05) is 0 Å². The summed E-state index contributed by atoms with van der Waals surface area (Å²) in [6, 6.07) is -1.54. The number of carboxylic acid groups (broad SMARTS) is 1. The lowest BCUT2D eigenvalue weighted by Gasteiger charge is -2.18. The molecule has 264 valence electrons. The van der Waals surface area contributed by atoms with Crippen molar-refractivity contribution in [2.75, 3.05) is 19.8 Å². The molecule has 0 aromatic heterocycles. The first kappa shape index (κ1) is 43.2. The second-order valence-electron chi connectivity index (χ2n) is 11.7. The molecule has 1 amide bonds. The second-order valence-corrected chi connectivity index (χ2v) is 13.2. The number of rotatable bonds is 32. The van der Waals surface area contributed by atoms with Gasteiger partial charge in [-0.1, -0.05) is 109 Å². The maximum Gasteiger partial charge on any atom is 0.472 e. The third kappa shape index (κ3) is 29.4. The Balaban J connectivity index is 3.94. The normalized spacial score (nSPS) is 14.2. The lowest BCUT2D eigenvalue weighted by Crippen LogP contribution is -2.43.